The molecule has 0 spiro atoms. The van der Waals surface area contributed by atoms with E-state index in [1.807, 2.05) is 6.92 Å². The Morgan fingerprint density at radius 2 is 1.79 bits per heavy atom. The van der Waals surface area contributed by atoms with Crippen LogP contribution in [0.4, 0.5) is 0 Å². The molecule has 0 heterocycles. The van der Waals surface area contributed by atoms with E-state index in [4.69, 9.17) is 14.9 Å². The van der Waals surface area contributed by atoms with Gasteiger partial charge >= 0.3 is 0 Å². The van der Waals surface area contributed by atoms with Gasteiger partial charge < -0.3 is 14.9 Å². The number of aliphatic hydroxyl groups is 2. The zero-order valence-corrected chi connectivity index (χ0v) is 9.57. The summed E-state index contributed by atoms with van der Waals surface area (Å²) in [5, 5.41) is 17.8. The molecule has 2 unspecified atom stereocenters. The van der Waals surface area contributed by atoms with E-state index in [-0.39, 0.29) is 25.2 Å². The van der Waals surface area contributed by atoms with Crippen LogP contribution < -0.4 is 0 Å². The average molecular weight is 204 g/mol. The van der Waals surface area contributed by atoms with Crippen LogP contribution in [0.5, 0.6) is 0 Å². The minimum absolute atomic E-state index is 0.135. The monoisotopic (exact) mass is 204 g/mol. The predicted molar refractivity (Wildman–Crippen MR) is 57.1 cm³/mol. The first kappa shape index (κ1) is 13.9. The lowest BCUT2D eigenvalue weighted by atomic mass is 10.00. The maximum absolute atomic E-state index is 9.02. The molecule has 3 nitrogen and oxygen atoms in total. The van der Waals surface area contributed by atoms with Crippen molar-refractivity contribution in [3.63, 3.8) is 0 Å². The van der Waals surface area contributed by atoms with E-state index in [0.29, 0.717) is 12.3 Å². The standard InChI is InChI=1S/C11H24O3/c1-9(2)8-14-10(3)6-11(7-13)4-5-12/h9-13H,4-8H2,1-3H3. The summed E-state index contributed by atoms with van der Waals surface area (Å²) in [6, 6.07) is 0. The summed E-state index contributed by atoms with van der Waals surface area (Å²) in [6.45, 7) is 7.28. The molecule has 0 saturated carbocycles. The third-order valence-corrected chi connectivity index (χ3v) is 2.17. The van der Waals surface area contributed by atoms with E-state index < -0.39 is 0 Å². The average Bonchev–Trinajstić information content (AvgIpc) is 2.14. The van der Waals surface area contributed by atoms with Gasteiger partial charge in [-0.2, -0.15) is 0 Å². The SMILES string of the molecule is CC(C)COC(C)CC(CO)CCO. The first-order valence-corrected chi connectivity index (χ1v) is 5.43. The van der Waals surface area contributed by atoms with Crippen molar-refractivity contribution in [3.8, 4) is 0 Å². The van der Waals surface area contributed by atoms with Crippen molar-refractivity contribution < 1.29 is 14.9 Å². The zero-order valence-electron chi connectivity index (χ0n) is 9.57. The molecular weight excluding hydrogens is 180 g/mol. The van der Waals surface area contributed by atoms with Crippen molar-refractivity contribution in [3.05, 3.63) is 0 Å². The molecule has 2 atom stereocenters. The number of rotatable bonds is 8. The Balaban J connectivity index is 3.61. The molecule has 0 saturated heterocycles. The van der Waals surface area contributed by atoms with Crippen molar-refractivity contribution in [2.75, 3.05) is 19.8 Å². The summed E-state index contributed by atoms with van der Waals surface area (Å²) in [4.78, 5) is 0. The van der Waals surface area contributed by atoms with E-state index in [9.17, 15) is 0 Å². The summed E-state index contributed by atoms with van der Waals surface area (Å²) >= 11 is 0. The van der Waals surface area contributed by atoms with Crippen molar-refractivity contribution in [1.29, 1.82) is 0 Å². The van der Waals surface area contributed by atoms with E-state index in [1.165, 1.54) is 0 Å². The Hall–Kier alpha value is -0.120. The molecular formula is C11H24O3. The summed E-state index contributed by atoms with van der Waals surface area (Å²) in [6.07, 6.45) is 1.65. The van der Waals surface area contributed by atoms with Gasteiger partial charge in [0.05, 0.1) is 6.10 Å². The molecule has 0 bridgehead atoms. The highest BCUT2D eigenvalue weighted by Gasteiger charge is 2.12. The smallest absolute Gasteiger partial charge is 0.0550 e. The van der Waals surface area contributed by atoms with Crippen molar-refractivity contribution in [2.24, 2.45) is 11.8 Å². The molecule has 14 heavy (non-hydrogen) atoms. The summed E-state index contributed by atoms with van der Waals surface area (Å²) in [5.74, 6) is 0.713. The summed E-state index contributed by atoms with van der Waals surface area (Å²) in [7, 11) is 0. The lowest BCUT2D eigenvalue weighted by Gasteiger charge is -2.19. The van der Waals surface area contributed by atoms with Gasteiger partial charge in [0.15, 0.2) is 0 Å². The molecule has 86 valence electrons. The second-order valence-corrected chi connectivity index (χ2v) is 4.33. The van der Waals surface area contributed by atoms with Gasteiger partial charge in [-0.3, -0.25) is 0 Å². The van der Waals surface area contributed by atoms with Gasteiger partial charge in [0.2, 0.25) is 0 Å². The summed E-state index contributed by atoms with van der Waals surface area (Å²) < 4.78 is 5.59. The van der Waals surface area contributed by atoms with Crippen LogP contribution in [-0.2, 0) is 4.74 Å². The molecule has 0 aliphatic heterocycles. The highest BCUT2D eigenvalue weighted by molar-refractivity contribution is 4.62. The highest BCUT2D eigenvalue weighted by Crippen LogP contribution is 2.13. The second kappa shape index (κ2) is 8.21. The maximum Gasteiger partial charge on any atom is 0.0550 e. The Bertz CT molecular complexity index is 126. The van der Waals surface area contributed by atoms with Crippen molar-refractivity contribution in [1.82, 2.24) is 0 Å². The maximum atomic E-state index is 9.02. The van der Waals surface area contributed by atoms with Gasteiger partial charge in [-0.25, -0.2) is 0 Å². The first-order chi connectivity index (χ1) is 6.60. The quantitative estimate of drug-likeness (QED) is 0.629. The highest BCUT2D eigenvalue weighted by atomic mass is 16.5. The summed E-state index contributed by atoms with van der Waals surface area (Å²) in [5.41, 5.74) is 0. The molecule has 0 rings (SSSR count). The first-order valence-electron chi connectivity index (χ1n) is 5.43. The van der Waals surface area contributed by atoms with E-state index >= 15 is 0 Å². The van der Waals surface area contributed by atoms with Crippen LogP contribution in [0.15, 0.2) is 0 Å². The molecule has 0 aliphatic rings. The lowest BCUT2D eigenvalue weighted by molar-refractivity contribution is 0.0222. The van der Waals surface area contributed by atoms with Crippen LogP contribution in [-0.4, -0.2) is 36.1 Å². The number of hydrogen-bond acceptors (Lipinski definition) is 3. The second-order valence-electron chi connectivity index (χ2n) is 4.33. The number of ether oxygens (including phenoxy) is 1. The van der Waals surface area contributed by atoms with E-state index in [0.717, 1.165) is 13.0 Å². The van der Waals surface area contributed by atoms with Crippen LogP contribution >= 0.6 is 0 Å². The lowest BCUT2D eigenvalue weighted by Crippen LogP contribution is -2.19. The molecule has 0 aromatic carbocycles. The molecule has 3 heteroatoms. The van der Waals surface area contributed by atoms with Crippen molar-refractivity contribution >= 4 is 0 Å². The molecule has 0 aromatic rings. The molecule has 0 aliphatic carbocycles. The fourth-order valence-electron chi connectivity index (χ4n) is 1.36. The Labute approximate surface area is 87.1 Å². The van der Waals surface area contributed by atoms with E-state index in [2.05, 4.69) is 13.8 Å². The van der Waals surface area contributed by atoms with Gasteiger partial charge in [-0.15, -0.1) is 0 Å². The molecule has 2 N–H and O–H groups in total. The van der Waals surface area contributed by atoms with Gasteiger partial charge in [0.25, 0.3) is 0 Å². The minimum Gasteiger partial charge on any atom is -0.396 e. The number of hydrogen-bond donors (Lipinski definition) is 2. The van der Waals surface area contributed by atoms with Crippen LogP contribution in [0.1, 0.15) is 33.6 Å². The van der Waals surface area contributed by atoms with Crippen LogP contribution in [0.3, 0.4) is 0 Å². The van der Waals surface area contributed by atoms with Gasteiger partial charge in [-0.05, 0) is 31.6 Å². The largest absolute Gasteiger partial charge is 0.396 e. The van der Waals surface area contributed by atoms with Crippen LogP contribution in [0.25, 0.3) is 0 Å². The molecule has 0 aromatic heterocycles. The fourth-order valence-corrected chi connectivity index (χ4v) is 1.36. The third-order valence-electron chi connectivity index (χ3n) is 2.17. The van der Waals surface area contributed by atoms with Crippen LogP contribution in [0.2, 0.25) is 0 Å². The molecule has 0 fully saturated rings. The molecule has 0 radical (unpaired) electrons. The molecule has 0 amide bonds. The minimum atomic E-state index is 0.135. The number of aliphatic hydroxyl groups excluding tert-OH is 2. The Morgan fingerprint density at radius 1 is 1.14 bits per heavy atom. The zero-order chi connectivity index (χ0) is 11.0. The Morgan fingerprint density at radius 3 is 2.21 bits per heavy atom. The fraction of sp³-hybridized carbons (Fsp3) is 1.00. The van der Waals surface area contributed by atoms with Gasteiger partial charge in [0.1, 0.15) is 0 Å². The third kappa shape index (κ3) is 7.30. The predicted octanol–water partition coefficient (Wildman–Crippen LogP) is 1.43. The topological polar surface area (TPSA) is 49.7 Å². The Kier molecular flexibility index (Phi) is 8.14. The normalized spacial score (nSPS) is 15.9. The van der Waals surface area contributed by atoms with Crippen LogP contribution in [0, 0.1) is 11.8 Å². The van der Waals surface area contributed by atoms with Crippen molar-refractivity contribution in [2.45, 2.75) is 39.7 Å². The van der Waals surface area contributed by atoms with Gasteiger partial charge in [-0.1, -0.05) is 13.8 Å². The van der Waals surface area contributed by atoms with Gasteiger partial charge in [0, 0.05) is 19.8 Å². The van der Waals surface area contributed by atoms with E-state index in [1.54, 1.807) is 0 Å².